The highest BCUT2D eigenvalue weighted by atomic mass is 35.5. The zero-order valence-electron chi connectivity index (χ0n) is 15.4. The molecule has 2 fully saturated rings. The van der Waals surface area contributed by atoms with Crippen LogP contribution in [0.3, 0.4) is 0 Å². The van der Waals surface area contributed by atoms with Crippen molar-refractivity contribution in [2.24, 2.45) is 0 Å². The zero-order chi connectivity index (χ0) is 20.5. The Labute approximate surface area is 171 Å². The van der Waals surface area contributed by atoms with Gasteiger partial charge < -0.3 is 20.4 Å². The Kier molecular flexibility index (Phi) is 7.02. The van der Waals surface area contributed by atoms with Crippen molar-refractivity contribution in [1.29, 1.82) is 0 Å². The van der Waals surface area contributed by atoms with Crippen molar-refractivity contribution in [3.8, 4) is 0 Å². The Bertz CT molecular complexity index is 792. The van der Waals surface area contributed by atoms with E-state index in [4.69, 9.17) is 5.11 Å². The number of carbonyl (C=O) groups excluding carboxylic acids is 2. The Morgan fingerprint density at radius 2 is 1.83 bits per heavy atom. The van der Waals surface area contributed by atoms with E-state index >= 15 is 0 Å². The second kappa shape index (κ2) is 8.91. The highest BCUT2D eigenvalue weighted by molar-refractivity contribution is 6.01. The number of carboxylic acids is 1. The Morgan fingerprint density at radius 3 is 2.34 bits per heavy atom. The largest absolute Gasteiger partial charge is 0.481 e. The van der Waals surface area contributed by atoms with Crippen molar-refractivity contribution in [2.45, 2.75) is 43.7 Å². The number of benzene rings is 1. The van der Waals surface area contributed by atoms with Crippen LogP contribution in [0.5, 0.6) is 0 Å². The van der Waals surface area contributed by atoms with Gasteiger partial charge in [-0.2, -0.15) is 0 Å². The first kappa shape index (κ1) is 22.8. The maximum Gasteiger partial charge on any atom is 0.306 e. The van der Waals surface area contributed by atoms with Crippen LogP contribution in [0.15, 0.2) is 12.1 Å². The van der Waals surface area contributed by atoms with Gasteiger partial charge in [0.1, 0.15) is 11.7 Å². The van der Waals surface area contributed by atoms with E-state index in [0.29, 0.717) is 0 Å². The summed E-state index contributed by atoms with van der Waals surface area (Å²) < 4.78 is 29.2. The number of nitrogens with zero attached hydrogens (tertiary/aromatic N) is 1. The molecular weight excluding hydrogens is 412 g/mol. The van der Waals surface area contributed by atoms with Gasteiger partial charge in [0.15, 0.2) is 11.6 Å². The van der Waals surface area contributed by atoms with Gasteiger partial charge in [0.2, 0.25) is 11.8 Å². The lowest BCUT2D eigenvalue weighted by Crippen LogP contribution is -2.47. The van der Waals surface area contributed by atoms with Gasteiger partial charge in [0.25, 0.3) is 0 Å². The monoisotopic (exact) mass is 433 g/mol. The van der Waals surface area contributed by atoms with Crippen molar-refractivity contribution in [3.05, 3.63) is 23.8 Å². The van der Waals surface area contributed by atoms with E-state index in [-0.39, 0.29) is 68.5 Å². The van der Waals surface area contributed by atoms with E-state index in [1.165, 1.54) is 4.90 Å². The molecule has 1 aromatic carbocycles. The molecule has 29 heavy (non-hydrogen) atoms. The van der Waals surface area contributed by atoms with Crippen LogP contribution in [0, 0.1) is 11.6 Å². The van der Waals surface area contributed by atoms with E-state index in [9.17, 15) is 28.3 Å². The molecule has 8 nitrogen and oxygen atoms in total. The Morgan fingerprint density at radius 1 is 1.24 bits per heavy atom. The fraction of sp³-hybridized carbons (Fsp3) is 0.500. The lowest BCUT2D eigenvalue weighted by molar-refractivity contribution is -0.143. The average Bonchev–Trinajstić information content (AvgIpc) is 2.58. The number of nitrogens with one attached hydrogen (secondary N) is 2. The minimum atomic E-state index is -1.39. The van der Waals surface area contributed by atoms with Crippen LogP contribution in [0.2, 0.25) is 0 Å². The first-order valence-electron chi connectivity index (χ1n) is 8.95. The highest BCUT2D eigenvalue weighted by Gasteiger charge is 2.36. The molecule has 160 valence electrons. The number of aliphatic carboxylic acids is 1. The molecule has 0 spiro atoms. The summed E-state index contributed by atoms with van der Waals surface area (Å²) in [4.78, 5) is 35.2. The van der Waals surface area contributed by atoms with Gasteiger partial charge in [-0.15, -0.1) is 12.4 Å². The normalized spacial score (nSPS) is 21.2. The predicted molar refractivity (Wildman–Crippen MR) is 102 cm³/mol. The fourth-order valence-corrected chi connectivity index (χ4v) is 3.59. The lowest BCUT2D eigenvalue weighted by atomic mass is 9.88. The van der Waals surface area contributed by atoms with Crippen molar-refractivity contribution < 1.29 is 33.4 Å². The van der Waals surface area contributed by atoms with Crippen molar-refractivity contribution in [3.63, 3.8) is 0 Å². The molecule has 4 N–H and O–H groups in total. The standard InChI is InChI=1S/C18H21F2N3O5.ClH/c19-11-7-10(21-13-1-2-14(24)22-17(13)27)8-12(20)16(11)23-5-3-18(28,4-6-23)9-15(25)26;/h7-8,13,21,28H,1-6,9H2,(H,25,26)(H,22,24,27);1H. The molecule has 2 aliphatic heterocycles. The van der Waals surface area contributed by atoms with Crippen molar-refractivity contribution >= 4 is 41.6 Å². The van der Waals surface area contributed by atoms with Crippen molar-refractivity contribution in [1.82, 2.24) is 5.32 Å². The van der Waals surface area contributed by atoms with Crippen LogP contribution in [0.25, 0.3) is 0 Å². The van der Waals surface area contributed by atoms with E-state index in [1.807, 2.05) is 0 Å². The second-order valence-corrected chi connectivity index (χ2v) is 7.22. The summed E-state index contributed by atoms with van der Waals surface area (Å²) in [5.74, 6) is -3.73. The second-order valence-electron chi connectivity index (χ2n) is 7.22. The number of carbonyl (C=O) groups is 3. The van der Waals surface area contributed by atoms with Crippen LogP contribution < -0.4 is 15.5 Å². The maximum atomic E-state index is 14.6. The SMILES string of the molecule is Cl.O=C(O)CC1(O)CCN(c2c(F)cc(NC3CCC(=O)NC3=O)cc2F)CC1. The summed E-state index contributed by atoms with van der Waals surface area (Å²) in [7, 11) is 0. The van der Waals surface area contributed by atoms with Gasteiger partial charge in [-0.3, -0.25) is 19.7 Å². The fourth-order valence-electron chi connectivity index (χ4n) is 3.59. The third-order valence-corrected chi connectivity index (χ3v) is 5.09. The molecule has 0 radical (unpaired) electrons. The first-order valence-corrected chi connectivity index (χ1v) is 8.95. The molecule has 0 saturated carbocycles. The van der Waals surface area contributed by atoms with Crippen LogP contribution >= 0.6 is 12.4 Å². The minimum absolute atomic E-state index is 0. The molecule has 2 amide bonds. The number of hydrogen-bond donors (Lipinski definition) is 4. The number of amides is 2. The van der Waals surface area contributed by atoms with Gasteiger partial charge in [0, 0.05) is 25.2 Å². The molecule has 1 unspecified atom stereocenters. The minimum Gasteiger partial charge on any atom is -0.481 e. The third-order valence-electron chi connectivity index (χ3n) is 5.09. The number of carboxylic acid groups (broad SMARTS) is 1. The first-order chi connectivity index (χ1) is 13.2. The van der Waals surface area contributed by atoms with Crippen LogP contribution in [0.1, 0.15) is 32.1 Å². The molecule has 3 rings (SSSR count). The topological polar surface area (TPSA) is 119 Å². The van der Waals surface area contributed by atoms with Gasteiger partial charge >= 0.3 is 5.97 Å². The van der Waals surface area contributed by atoms with E-state index < -0.39 is 41.6 Å². The van der Waals surface area contributed by atoms with Gasteiger partial charge in [-0.05, 0) is 31.4 Å². The molecule has 1 atom stereocenters. The number of halogens is 3. The number of piperidine rings is 2. The quantitative estimate of drug-likeness (QED) is 0.518. The maximum absolute atomic E-state index is 14.6. The van der Waals surface area contributed by atoms with E-state index in [2.05, 4.69) is 10.6 Å². The number of imide groups is 1. The molecule has 1 aromatic rings. The third kappa shape index (κ3) is 5.33. The van der Waals surface area contributed by atoms with Gasteiger partial charge in [0.05, 0.1) is 12.0 Å². The summed E-state index contributed by atoms with van der Waals surface area (Å²) in [6.07, 6.45) is 0.104. The molecule has 11 heteroatoms. The molecule has 0 aliphatic carbocycles. The molecular formula is C18H22ClF2N3O5. The van der Waals surface area contributed by atoms with Crippen LogP contribution in [0.4, 0.5) is 20.2 Å². The highest BCUT2D eigenvalue weighted by Crippen LogP contribution is 2.33. The lowest BCUT2D eigenvalue weighted by Gasteiger charge is -2.38. The number of aliphatic hydroxyl groups is 1. The van der Waals surface area contributed by atoms with Crippen molar-refractivity contribution in [2.75, 3.05) is 23.3 Å². The number of rotatable bonds is 5. The van der Waals surface area contributed by atoms with Gasteiger partial charge in [-0.25, -0.2) is 8.78 Å². The van der Waals surface area contributed by atoms with Crippen LogP contribution in [-0.2, 0) is 14.4 Å². The number of hydrogen-bond acceptors (Lipinski definition) is 6. The molecule has 2 heterocycles. The smallest absolute Gasteiger partial charge is 0.306 e. The molecule has 2 aliphatic rings. The molecule has 2 saturated heterocycles. The zero-order valence-corrected chi connectivity index (χ0v) is 16.2. The molecule has 0 aromatic heterocycles. The average molecular weight is 434 g/mol. The van der Waals surface area contributed by atoms with E-state index in [1.54, 1.807) is 0 Å². The molecule has 0 bridgehead atoms. The summed E-state index contributed by atoms with van der Waals surface area (Å²) in [6.45, 7) is 0.217. The Hall–Kier alpha value is -2.46. The summed E-state index contributed by atoms with van der Waals surface area (Å²) >= 11 is 0. The number of anilines is 2. The Balaban J connectivity index is 0.00000300. The summed E-state index contributed by atoms with van der Waals surface area (Å²) in [6, 6.07) is 1.38. The van der Waals surface area contributed by atoms with E-state index in [0.717, 1.165) is 12.1 Å². The van der Waals surface area contributed by atoms with Gasteiger partial charge in [-0.1, -0.05) is 0 Å². The summed E-state index contributed by atoms with van der Waals surface area (Å²) in [5.41, 5.74) is -1.57. The predicted octanol–water partition coefficient (Wildman–Crippen LogP) is 1.41. The summed E-state index contributed by atoms with van der Waals surface area (Å²) in [5, 5.41) is 24.0. The van der Waals surface area contributed by atoms with Crippen LogP contribution in [-0.4, -0.2) is 52.7 Å².